The maximum Gasteiger partial charge on any atom is 0.305 e. The number of hydrogen-bond acceptors (Lipinski definition) is 2. The molecule has 0 aromatic heterocycles. The molecule has 20 heavy (non-hydrogen) atoms. The van der Waals surface area contributed by atoms with Crippen LogP contribution in [0.3, 0.4) is 0 Å². The first-order valence-corrected chi connectivity index (χ1v) is 7.37. The van der Waals surface area contributed by atoms with Gasteiger partial charge < -0.3 is 5.11 Å². The van der Waals surface area contributed by atoms with Crippen molar-refractivity contribution in [2.45, 2.75) is 38.1 Å². The monoisotopic (exact) mass is 299 g/mol. The summed E-state index contributed by atoms with van der Waals surface area (Å²) < 4.78 is 14.1. The van der Waals surface area contributed by atoms with Crippen molar-refractivity contribution in [3.8, 4) is 0 Å². The van der Waals surface area contributed by atoms with Gasteiger partial charge in [-0.2, -0.15) is 0 Å². The Labute approximate surface area is 123 Å². The molecule has 1 aromatic rings. The number of benzene rings is 1. The molecule has 0 saturated carbocycles. The van der Waals surface area contributed by atoms with Crippen LogP contribution in [0.5, 0.6) is 0 Å². The quantitative estimate of drug-likeness (QED) is 0.917. The molecule has 110 valence electrons. The van der Waals surface area contributed by atoms with E-state index >= 15 is 0 Å². The average molecular weight is 300 g/mol. The lowest BCUT2D eigenvalue weighted by atomic mass is 10.0. The van der Waals surface area contributed by atoms with Gasteiger partial charge in [-0.25, -0.2) is 4.39 Å². The van der Waals surface area contributed by atoms with E-state index < -0.39 is 17.8 Å². The summed E-state index contributed by atoms with van der Waals surface area (Å²) in [6, 6.07) is 4.02. The number of carboxylic acids is 1. The zero-order valence-corrected chi connectivity index (χ0v) is 12.1. The predicted octanol–water partition coefficient (Wildman–Crippen LogP) is 3.87. The smallest absolute Gasteiger partial charge is 0.305 e. The molecule has 1 aromatic carbocycles. The van der Waals surface area contributed by atoms with Crippen LogP contribution in [0.25, 0.3) is 0 Å². The third kappa shape index (κ3) is 3.70. The van der Waals surface area contributed by atoms with Crippen LogP contribution >= 0.6 is 11.6 Å². The first-order chi connectivity index (χ1) is 9.59. The topological polar surface area (TPSA) is 40.5 Å². The van der Waals surface area contributed by atoms with Gasteiger partial charge in [0, 0.05) is 16.6 Å². The minimum Gasteiger partial charge on any atom is -0.481 e. The molecule has 0 bridgehead atoms. The van der Waals surface area contributed by atoms with Crippen LogP contribution in [0.1, 0.15) is 43.7 Å². The fourth-order valence-corrected chi connectivity index (χ4v) is 3.10. The summed E-state index contributed by atoms with van der Waals surface area (Å²) >= 11 is 6.11. The molecule has 1 aliphatic rings. The molecule has 0 amide bonds. The maximum absolute atomic E-state index is 14.1. The van der Waals surface area contributed by atoms with Crippen molar-refractivity contribution in [2.24, 2.45) is 0 Å². The third-order valence-corrected chi connectivity index (χ3v) is 4.11. The van der Waals surface area contributed by atoms with Crippen molar-refractivity contribution < 1.29 is 14.3 Å². The maximum atomic E-state index is 14.1. The Morgan fingerprint density at radius 2 is 1.95 bits per heavy atom. The molecule has 1 unspecified atom stereocenters. The number of halogens is 2. The molecular formula is C15H19ClFNO2. The van der Waals surface area contributed by atoms with Gasteiger partial charge in [-0.15, -0.1) is 0 Å². The van der Waals surface area contributed by atoms with E-state index in [1.807, 2.05) is 0 Å². The summed E-state index contributed by atoms with van der Waals surface area (Å²) in [4.78, 5) is 13.2. The summed E-state index contributed by atoms with van der Waals surface area (Å²) in [6.45, 7) is 1.59. The van der Waals surface area contributed by atoms with Crippen molar-refractivity contribution in [1.29, 1.82) is 0 Å². The van der Waals surface area contributed by atoms with Gasteiger partial charge in [0.05, 0.1) is 6.42 Å². The predicted molar refractivity (Wildman–Crippen MR) is 76.4 cm³/mol. The van der Waals surface area contributed by atoms with E-state index in [-0.39, 0.29) is 6.42 Å². The molecule has 1 N–H and O–H groups in total. The van der Waals surface area contributed by atoms with Crippen LogP contribution in [0, 0.1) is 5.82 Å². The summed E-state index contributed by atoms with van der Waals surface area (Å²) in [6.07, 6.45) is 4.19. The molecule has 1 aliphatic heterocycles. The van der Waals surface area contributed by atoms with Gasteiger partial charge in [0.2, 0.25) is 0 Å². The fourth-order valence-electron chi connectivity index (χ4n) is 2.82. The van der Waals surface area contributed by atoms with Gasteiger partial charge >= 0.3 is 5.97 Å². The van der Waals surface area contributed by atoms with Crippen molar-refractivity contribution in [3.63, 3.8) is 0 Å². The lowest BCUT2D eigenvalue weighted by Gasteiger charge is -2.30. The van der Waals surface area contributed by atoms with E-state index in [4.69, 9.17) is 16.7 Å². The van der Waals surface area contributed by atoms with E-state index in [9.17, 15) is 9.18 Å². The molecule has 0 aliphatic carbocycles. The Bertz CT molecular complexity index is 453. The standard InChI is InChI=1S/C15H19ClFNO2/c16-11-6-5-7-12(17)15(11)13(10-14(19)20)18-8-3-1-2-4-9-18/h5-7,13H,1-4,8-10H2,(H,19,20). The molecule has 1 fully saturated rings. The van der Waals surface area contributed by atoms with Gasteiger partial charge in [0.25, 0.3) is 0 Å². The summed E-state index contributed by atoms with van der Waals surface area (Å²) in [5.41, 5.74) is 0.318. The van der Waals surface area contributed by atoms with Gasteiger partial charge in [-0.1, -0.05) is 30.5 Å². The highest BCUT2D eigenvalue weighted by molar-refractivity contribution is 6.31. The van der Waals surface area contributed by atoms with Crippen LogP contribution in [0.15, 0.2) is 18.2 Å². The van der Waals surface area contributed by atoms with E-state index in [0.717, 1.165) is 38.8 Å². The second-order valence-corrected chi connectivity index (χ2v) is 5.61. The van der Waals surface area contributed by atoms with Crippen LogP contribution in [-0.4, -0.2) is 29.1 Å². The molecule has 0 spiro atoms. The van der Waals surface area contributed by atoms with Crippen molar-refractivity contribution >= 4 is 17.6 Å². The zero-order valence-electron chi connectivity index (χ0n) is 11.3. The largest absolute Gasteiger partial charge is 0.481 e. The number of carboxylic acid groups (broad SMARTS) is 1. The van der Waals surface area contributed by atoms with E-state index in [1.54, 1.807) is 12.1 Å². The van der Waals surface area contributed by atoms with Gasteiger partial charge in [-0.3, -0.25) is 9.69 Å². The lowest BCUT2D eigenvalue weighted by molar-refractivity contribution is -0.138. The Hall–Kier alpha value is -1.13. The Morgan fingerprint density at radius 1 is 1.30 bits per heavy atom. The molecule has 1 heterocycles. The second-order valence-electron chi connectivity index (χ2n) is 5.20. The Kier molecular flexibility index (Phi) is 5.38. The number of nitrogens with zero attached hydrogens (tertiary/aromatic N) is 1. The molecule has 3 nitrogen and oxygen atoms in total. The molecular weight excluding hydrogens is 281 g/mol. The van der Waals surface area contributed by atoms with Gasteiger partial charge in [0.15, 0.2) is 0 Å². The number of aliphatic carboxylic acids is 1. The second kappa shape index (κ2) is 7.04. The summed E-state index contributed by atoms with van der Waals surface area (Å²) in [5, 5.41) is 9.44. The minimum absolute atomic E-state index is 0.124. The van der Waals surface area contributed by atoms with Crippen LogP contribution in [-0.2, 0) is 4.79 Å². The van der Waals surface area contributed by atoms with Crippen molar-refractivity contribution in [1.82, 2.24) is 4.90 Å². The average Bonchev–Trinajstić information content (AvgIpc) is 2.65. The molecule has 0 radical (unpaired) electrons. The third-order valence-electron chi connectivity index (χ3n) is 3.78. The first-order valence-electron chi connectivity index (χ1n) is 6.99. The van der Waals surface area contributed by atoms with E-state index in [1.165, 1.54) is 6.07 Å². The van der Waals surface area contributed by atoms with Crippen molar-refractivity contribution in [2.75, 3.05) is 13.1 Å². The zero-order chi connectivity index (χ0) is 14.5. The Balaban J connectivity index is 2.33. The normalized spacial score (nSPS) is 18.5. The van der Waals surface area contributed by atoms with Crippen LogP contribution in [0.2, 0.25) is 5.02 Å². The number of likely N-dealkylation sites (tertiary alicyclic amines) is 1. The number of carbonyl (C=O) groups is 1. The van der Waals surface area contributed by atoms with Gasteiger partial charge in [-0.05, 0) is 38.1 Å². The molecule has 1 atom stereocenters. The first kappa shape index (κ1) is 15.3. The van der Waals surface area contributed by atoms with Crippen LogP contribution in [0.4, 0.5) is 4.39 Å². The summed E-state index contributed by atoms with van der Waals surface area (Å²) in [5.74, 6) is -1.36. The van der Waals surface area contributed by atoms with Crippen LogP contribution < -0.4 is 0 Å². The molecule has 1 saturated heterocycles. The molecule has 2 rings (SSSR count). The number of hydrogen-bond donors (Lipinski definition) is 1. The SMILES string of the molecule is O=C(O)CC(c1c(F)cccc1Cl)N1CCCCCC1. The van der Waals surface area contributed by atoms with E-state index in [2.05, 4.69) is 4.90 Å². The molecule has 5 heteroatoms. The lowest BCUT2D eigenvalue weighted by Crippen LogP contribution is -2.32. The highest BCUT2D eigenvalue weighted by Crippen LogP contribution is 2.33. The van der Waals surface area contributed by atoms with E-state index in [0.29, 0.717) is 10.6 Å². The fraction of sp³-hybridized carbons (Fsp3) is 0.533. The Morgan fingerprint density at radius 3 is 2.50 bits per heavy atom. The highest BCUT2D eigenvalue weighted by atomic mass is 35.5. The van der Waals surface area contributed by atoms with Crippen molar-refractivity contribution in [3.05, 3.63) is 34.6 Å². The minimum atomic E-state index is -0.932. The van der Waals surface area contributed by atoms with Gasteiger partial charge in [0.1, 0.15) is 5.82 Å². The number of rotatable bonds is 4. The summed E-state index contributed by atoms with van der Waals surface area (Å²) in [7, 11) is 0. The highest BCUT2D eigenvalue weighted by Gasteiger charge is 2.28.